The van der Waals surface area contributed by atoms with Crippen LogP contribution in [0.25, 0.3) is 11.3 Å². The zero-order valence-electron chi connectivity index (χ0n) is 16.8. The number of nitrogens with zero attached hydrogens (tertiary/aromatic N) is 2. The molecule has 1 saturated heterocycles. The number of hydrogen-bond acceptors (Lipinski definition) is 5. The van der Waals surface area contributed by atoms with Crippen molar-refractivity contribution in [2.75, 3.05) is 25.5 Å². The van der Waals surface area contributed by atoms with Gasteiger partial charge < -0.3 is 15.4 Å². The minimum absolute atomic E-state index is 0.451. The van der Waals surface area contributed by atoms with E-state index in [2.05, 4.69) is 33.9 Å². The first-order chi connectivity index (χ1) is 13.8. The minimum Gasteiger partial charge on any atom is -0.496 e. The Hall–Kier alpha value is -2.14. The van der Waals surface area contributed by atoms with Gasteiger partial charge in [0.25, 0.3) is 0 Å². The van der Waals surface area contributed by atoms with Gasteiger partial charge in [0.15, 0.2) is 5.82 Å². The van der Waals surface area contributed by atoms with E-state index < -0.39 is 0 Å². The van der Waals surface area contributed by atoms with Crippen LogP contribution in [0.1, 0.15) is 61.1 Å². The van der Waals surface area contributed by atoms with Gasteiger partial charge in [-0.3, -0.25) is 0 Å². The summed E-state index contributed by atoms with van der Waals surface area (Å²) in [6.07, 6.45) is 9.62. The molecule has 0 amide bonds. The van der Waals surface area contributed by atoms with E-state index >= 15 is 0 Å². The summed E-state index contributed by atoms with van der Waals surface area (Å²) in [6.45, 7) is 2.13. The molecule has 2 N–H and O–H groups in total. The molecule has 0 radical (unpaired) electrons. The summed E-state index contributed by atoms with van der Waals surface area (Å²) in [5, 5.41) is 16.5. The summed E-state index contributed by atoms with van der Waals surface area (Å²) >= 11 is 0. The van der Waals surface area contributed by atoms with Crippen LogP contribution in [0, 0.1) is 0 Å². The maximum absolute atomic E-state index is 5.77. The number of methoxy groups -OCH3 is 1. The Balaban J connectivity index is 1.51. The van der Waals surface area contributed by atoms with E-state index in [1.807, 2.05) is 0 Å². The molecule has 0 unspecified atom stereocenters. The summed E-state index contributed by atoms with van der Waals surface area (Å²) in [7, 11) is 1.77. The SMILES string of the molecule is COc1cc(C2CC2)ccc1-c1nnc(N[C@@H]2CCCNC2)c2c1CCCC2. The van der Waals surface area contributed by atoms with Crippen LogP contribution < -0.4 is 15.4 Å². The molecular formula is C23H30N4O. The van der Waals surface area contributed by atoms with Gasteiger partial charge in [-0.05, 0) is 87.1 Å². The quantitative estimate of drug-likeness (QED) is 0.821. The molecule has 1 saturated carbocycles. The second-order valence-corrected chi connectivity index (χ2v) is 8.48. The van der Waals surface area contributed by atoms with Gasteiger partial charge in [0.2, 0.25) is 0 Å². The highest BCUT2D eigenvalue weighted by Crippen LogP contribution is 2.44. The molecule has 148 valence electrons. The van der Waals surface area contributed by atoms with E-state index in [4.69, 9.17) is 9.84 Å². The van der Waals surface area contributed by atoms with Crippen molar-refractivity contribution in [3.05, 3.63) is 34.9 Å². The zero-order chi connectivity index (χ0) is 18.9. The third kappa shape index (κ3) is 3.48. The number of aromatic nitrogens is 2. The van der Waals surface area contributed by atoms with Crippen molar-refractivity contribution in [3.8, 4) is 17.0 Å². The number of fused-ring (bicyclic) bond motifs is 1. The Morgan fingerprint density at radius 2 is 1.89 bits per heavy atom. The van der Waals surface area contributed by atoms with Gasteiger partial charge in [0.05, 0.1) is 7.11 Å². The number of piperidine rings is 1. The predicted octanol–water partition coefficient (Wildman–Crippen LogP) is 4.07. The Morgan fingerprint density at radius 3 is 2.64 bits per heavy atom. The van der Waals surface area contributed by atoms with Crippen molar-refractivity contribution in [1.29, 1.82) is 0 Å². The Morgan fingerprint density at radius 1 is 1.04 bits per heavy atom. The van der Waals surface area contributed by atoms with Crippen molar-refractivity contribution >= 4 is 5.82 Å². The van der Waals surface area contributed by atoms with E-state index in [0.717, 1.165) is 54.7 Å². The first-order valence-corrected chi connectivity index (χ1v) is 10.9. The lowest BCUT2D eigenvalue weighted by Gasteiger charge is -2.27. The standard InChI is InChI=1S/C23H30N4O/c1-28-21-13-16(15-8-9-15)10-11-20(21)22-18-6-2-3-7-19(18)23(27-26-22)25-17-5-4-12-24-14-17/h10-11,13,15,17,24H,2-9,12,14H2,1H3,(H,25,27)/t17-/m1/s1. The lowest BCUT2D eigenvalue weighted by atomic mass is 9.88. The summed E-state index contributed by atoms with van der Waals surface area (Å²) in [4.78, 5) is 0. The summed E-state index contributed by atoms with van der Waals surface area (Å²) < 4.78 is 5.77. The largest absolute Gasteiger partial charge is 0.496 e. The molecular weight excluding hydrogens is 348 g/mol. The fraction of sp³-hybridized carbons (Fsp3) is 0.565. The van der Waals surface area contributed by atoms with E-state index in [0.29, 0.717) is 6.04 Å². The smallest absolute Gasteiger partial charge is 0.152 e. The highest BCUT2D eigenvalue weighted by Gasteiger charge is 2.27. The van der Waals surface area contributed by atoms with Crippen LogP contribution in [-0.2, 0) is 12.8 Å². The molecule has 0 spiro atoms. The highest BCUT2D eigenvalue weighted by molar-refractivity contribution is 5.73. The average Bonchev–Trinajstić information content (AvgIpc) is 3.60. The molecule has 1 atom stereocenters. The molecule has 2 fully saturated rings. The molecule has 2 aromatic rings. The summed E-state index contributed by atoms with van der Waals surface area (Å²) in [6, 6.07) is 7.12. The van der Waals surface area contributed by atoms with Gasteiger partial charge in [-0.15, -0.1) is 10.2 Å². The van der Waals surface area contributed by atoms with Gasteiger partial charge >= 0.3 is 0 Å². The van der Waals surface area contributed by atoms with E-state index in [1.165, 1.54) is 55.2 Å². The molecule has 1 aromatic heterocycles. The number of hydrogen-bond donors (Lipinski definition) is 2. The number of ether oxygens (including phenoxy) is 1. The predicted molar refractivity (Wildman–Crippen MR) is 112 cm³/mol. The van der Waals surface area contributed by atoms with Gasteiger partial charge in [-0.25, -0.2) is 0 Å². The average molecular weight is 379 g/mol. The van der Waals surface area contributed by atoms with Crippen LogP contribution in [0.4, 0.5) is 5.82 Å². The number of benzene rings is 1. The number of anilines is 1. The Labute approximate surface area is 167 Å². The normalized spacial score (nSPS) is 21.8. The van der Waals surface area contributed by atoms with Crippen LogP contribution in [0.3, 0.4) is 0 Å². The maximum atomic E-state index is 5.77. The van der Waals surface area contributed by atoms with Crippen LogP contribution in [0.2, 0.25) is 0 Å². The minimum atomic E-state index is 0.451. The van der Waals surface area contributed by atoms with Gasteiger partial charge in [-0.1, -0.05) is 6.07 Å². The fourth-order valence-corrected chi connectivity index (χ4v) is 4.72. The number of nitrogens with one attached hydrogen (secondary N) is 2. The molecule has 2 aliphatic carbocycles. The van der Waals surface area contributed by atoms with Gasteiger partial charge in [-0.2, -0.15) is 0 Å². The summed E-state index contributed by atoms with van der Waals surface area (Å²) in [5.41, 5.74) is 6.23. The van der Waals surface area contributed by atoms with Crippen molar-refractivity contribution in [3.63, 3.8) is 0 Å². The Bertz CT molecular complexity index is 856. The monoisotopic (exact) mass is 378 g/mol. The third-order valence-corrected chi connectivity index (χ3v) is 6.46. The second kappa shape index (κ2) is 7.70. The van der Waals surface area contributed by atoms with Gasteiger partial charge in [0.1, 0.15) is 11.4 Å². The third-order valence-electron chi connectivity index (χ3n) is 6.46. The second-order valence-electron chi connectivity index (χ2n) is 8.48. The summed E-state index contributed by atoms with van der Waals surface area (Å²) in [5.74, 6) is 2.66. The van der Waals surface area contributed by atoms with Crippen molar-refractivity contribution in [2.45, 2.75) is 63.3 Å². The van der Waals surface area contributed by atoms with E-state index in [1.54, 1.807) is 7.11 Å². The first-order valence-electron chi connectivity index (χ1n) is 10.9. The van der Waals surface area contributed by atoms with Crippen molar-refractivity contribution in [1.82, 2.24) is 15.5 Å². The maximum Gasteiger partial charge on any atom is 0.152 e. The lowest BCUT2D eigenvalue weighted by Crippen LogP contribution is -2.39. The highest BCUT2D eigenvalue weighted by atomic mass is 16.5. The molecule has 1 aliphatic heterocycles. The zero-order valence-corrected chi connectivity index (χ0v) is 16.8. The first kappa shape index (κ1) is 17.9. The molecule has 2 heterocycles. The van der Waals surface area contributed by atoms with Crippen LogP contribution >= 0.6 is 0 Å². The molecule has 5 nitrogen and oxygen atoms in total. The van der Waals surface area contributed by atoms with E-state index in [9.17, 15) is 0 Å². The Kier molecular flexibility index (Phi) is 4.93. The molecule has 1 aromatic carbocycles. The van der Waals surface area contributed by atoms with Gasteiger partial charge in [0, 0.05) is 23.7 Å². The van der Waals surface area contributed by atoms with Crippen molar-refractivity contribution < 1.29 is 4.74 Å². The molecule has 0 bridgehead atoms. The van der Waals surface area contributed by atoms with Crippen LogP contribution in [0.5, 0.6) is 5.75 Å². The van der Waals surface area contributed by atoms with Crippen LogP contribution in [-0.4, -0.2) is 36.4 Å². The topological polar surface area (TPSA) is 59.1 Å². The molecule has 5 heteroatoms. The fourth-order valence-electron chi connectivity index (χ4n) is 4.72. The lowest BCUT2D eigenvalue weighted by molar-refractivity contribution is 0.415. The molecule has 28 heavy (non-hydrogen) atoms. The van der Waals surface area contributed by atoms with E-state index in [-0.39, 0.29) is 0 Å². The van der Waals surface area contributed by atoms with Crippen LogP contribution in [0.15, 0.2) is 18.2 Å². The molecule has 5 rings (SSSR count). The molecule has 3 aliphatic rings. The number of rotatable bonds is 5. The van der Waals surface area contributed by atoms with Crippen molar-refractivity contribution in [2.24, 2.45) is 0 Å².